The van der Waals surface area contributed by atoms with Gasteiger partial charge >= 0.3 is 6.03 Å². The van der Waals surface area contributed by atoms with Gasteiger partial charge in [0.25, 0.3) is 5.91 Å². The highest BCUT2D eigenvalue weighted by molar-refractivity contribution is 7.14. The van der Waals surface area contributed by atoms with E-state index in [1.807, 2.05) is 24.3 Å². The number of urea groups is 1. The van der Waals surface area contributed by atoms with Crippen molar-refractivity contribution in [2.45, 2.75) is 6.54 Å². The molecule has 0 spiro atoms. The molecule has 0 atom stereocenters. The Morgan fingerprint density at radius 2 is 2.09 bits per heavy atom. The quantitative estimate of drug-likeness (QED) is 0.884. The normalized spacial score (nSPS) is 10.0. The molecule has 0 saturated heterocycles. The van der Waals surface area contributed by atoms with E-state index in [2.05, 4.69) is 10.6 Å². The lowest BCUT2D eigenvalue weighted by molar-refractivity contribution is 0.0964. The van der Waals surface area contributed by atoms with E-state index in [1.54, 1.807) is 37.6 Å². The third-order valence-electron chi connectivity index (χ3n) is 3.26. The van der Waals surface area contributed by atoms with Gasteiger partial charge in [0.1, 0.15) is 10.8 Å². The van der Waals surface area contributed by atoms with Crippen LogP contribution in [0.1, 0.15) is 15.9 Å². The third kappa shape index (κ3) is 4.23. The van der Waals surface area contributed by atoms with Gasteiger partial charge in [0.05, 0.1) is 12.7 Å². The number of benzene rings is 1. The Bertz CT molecular complexity index is 699. The number of carbonyl (C=O) groups is 2. The fourth-order valence-electron chi connectivity index (χ4n) is 2.03. The minimum absolute atomic E-state index is 0.225. The zero-order valence-electron chi connectivity index (χ0n) is 13.3. The van der Waals surface area contributed by atoms with Gasteiger partial charge in [-0.25, -0.2) is 4.79 Å². The summed E-state index contributed by atoms with van der Waals surface area (Å²) in [5.41, 5.74) is 1.42. The minimum atomic E-state index is -0.277. The SMILES string of the molecule is CNC(=O)c1ccsc1NC(=O)N(C)Cc1cccc(OC)c1. The number of ether oxygens (including phenoxy) is 1. The Morgan fingerprint density at radius 1 is 1.30 bits per heavy atom. The summed E-state index contributed by atoms with van der Waals surface area (Å²) in [6.45, 7) is 0.434. The van der Waals surface area contributed by atoms with E-state index < -0.39 is 0 Å². The lowest BCUT2D eigenvalue weighted by Gasteiger charge is -2.18. The number of hydrogen-bond donors (Lipinski definition) is 2. The van der Waals surface area contributed by atoms with Crippen molar-refractivity contribution >= 4 is 28.3 Å². The summed E-state index contributed by atoms with van der Waals surface area (Å²) in [4.78, 5) is 25.6. The standard InChI is InChI=1S/C16H19N3O3S/c1-17-14(20)13-7-8-23-15(13)18-16(21)19(2)10-11-5-4-6-12(9-11)22-3/h4-9H,10H2,1-3H3,(H,17,20)(H,18,21). The fraction of sp³-hybridized carbons (Fsp3) is 0.250. The maximum atomic E-state index is 12.3. The highest BCUT2D eigenvalue weighted by Gasteiger charge is 2.16. The van der Waals surface area contributed by atoms with Crippen LogP contribution in [-0.2, 0) is 6.54 Å². The predicted octanol–water partition coefficient (Wildman–Crippen LogP) is 2.78. The van der Waals surface area contributed by atoms with Gasteiger partial charge in [-0.2, -0.15) is 0 Å². The van der Waals surface area contributed by atoms with Crippen molar-refractivity contribution in [2.75, 3.05) is 26.5 Å². The summed E-state index contributed by atoms with van der Waals surface area (Å²) in [7, 11) is 4.86. The molecule has 0 unspecified atom stereocenters. The number of anilines is 1. The van der Waals surface area contributed by atoms with Crippen LogP contribution in [0.15, 0.2) is 35.7 Å². The zero-order chi connectivity index (χ0) is 16.8. The first-order chi connectivity index (χ1) is 11.0. The molecule has 0 aliphatic rings. The molecule has 1 heterocycles. The van der Waals surface area contributed by atoms with Crippen molar-refractivity contribution in [1.82, 2.24) is 10.2 Å². The topological polar surface area (TPSA) is 70.7 Å². The molecular formula is C16H19N3O3S. The molecule has 0 radical (unpaired) electrons. The van der Waals surface area contributed by atoms with Crippen molar-refractivity contribution in [1.29, 1.82) is 0 Å². The molecule has 0 saturated carbocycles. The van der Waals surface area contributed by atoms with Gasteiger partial charge in [0, 0.05) is 20.6 Å². The van der Waals surface area contributed by atoms with Gasteiger partial charge in [-0.05, 0) is 29.1 Å². The molecule has 2 rings (SSSR count). The van der Waals surface area contributed by atoms with Gasteiger partial charge < -0.3 is 15.0 Å². The van der Waals surface area contributed by atoms with Gasteiger partial charge in [-0.15, -0.1) is 11.3 Å². The highest BCUT2D eigenvalue weighted by atomic mass is 32.1. The molecule has 2 aromatic rings. The summed E-state index contributed by atoms with van der Waals surface area (Å²) in [6, 6.07) is 8.94. The first-order valence-electron chi connectivity index (χ1n) is 6.99. The fourth-order valence-corrected chi connectivity index (χ4v) is 2.80. The van der Waals surface area contributed by atoms with Gasteiger partial charge in [0.15, 0.2) is 0 Å². The van der Waals surface area contributed by atoms with E-state index in [0.29, 0.717) is 17.1 Å². The van der Waals surface area contributed by atoms with Crippen LogP contribution in [0.4, 0.5) is 9.80 Å². The number of rotatable bonds is 5. The number of thiophene rings is 1. The summed E-state index contributed by atoms with van der Waals surface area (Å²) in [6.07, 6.45) is 0. The van der Waals surface area contributed by atoms with Crippen LogP contribution in [0.3, 0.4) is 0 Å². The predicted molar refractivity (Wildman–Crippen MR) is 91.2 cm³/mol. The van der Waals surface area contributed by atoms with Crippen LogP contribution in [-0.4, -0.2) is 38.0 Å². The van der Waals surface area contributed by atoms with Gasteiger partial charge in [-0.1, -0.05) is 12.1 Å². The molecule has 122 valence electrons. The van der Waals surface area contributed by atoms with E-state index >= 15 is 0 Å². The lowest BCUT2D eigenvalue weighted by Crippen LogP contribution is -2.31. The second kappa shape index (κ2) is 7.64. The molecule has 1 aromatic carbocycles. The van der Waals surface area contributed by atoms with Crippen LogP contribution in [0.2, 0.25) is 0 Å². The van der Waals surface area contributed by atoms with Crippen molar-refractivity contribution in [3.05, 3.63) is 46.8 Å². The maximum absolute atomic E-state index is 12.3. The molecule has 6 nitrogen and oxygen atoms in total. The molecule has 3 amide bonds. The summed E-state index contributed by atoms with van der Waals surface area (Å²) >= 11 is 1.31. The first-order valence-corrected chi connectivity index (χ1v) is 7.87. The third-order valence-corrected chi connectivity index (χ3v) is 4.09. The molecule has 1 aromatic heterocycles. The summed E-state index contributed by atoms with van der Waals surface area (Å²) < 4.78 is 5.17. The molecule has 23 heavy (non-hydrogen) atoms. The number of methoxy groups -OCH3 is 1. The van der Waals surface area contributed by atoms with Crippen molar-refractivity contribution < 1.29 is 14.3 Å². The first kappa shape index (κ1) is 16.8. The summed E-state index contributed by atoms with van der Waals surface area (Å²) in [5, 5.41) is 7.62. The van der Waals surface area contributed by atoms with E-state index in [4.69, 9.17) is 4.74 Å². The van der Waals surface area contributed by atoms with Gasteiger partial charge in [-0.3, -0.25) is 10.1 Å². The van der Waals surface area contributed by atoms with Crippen LogP contribution in [0, 0.1) is 0 Å². The van der Waals surface area contributed by atoms with E-state index in [0.717, 1.165) is 11.3 Å². The number of amides is 3. The molecule has 0 fully saturated rings. The van der Waals surface area contributed by atoms with E-state index in [1.165, 1.54) is 11.3 Å². The van der Waals surface area contributed by atoms with E-state index in [-0.39, 0.29) is 11.9 Å². The minimum Gasteiger partial charge on any atom is -0.497 e. The van der Waals surface area contributed by atoms with Crippen LogP contribution in [0.25, 0.3) is 0 Å². The maximum Gasteiger partial charge on any atom is 0.322 e. The van der Waals surface area contributed by atoms with Gasteiger partial charge in [0.2, 0.25) is 0 Å². The summed E-state index contributed by atoms with van der Waals surface area (Å²) in [5.74, 6) is 0.522. The molecular weight excluding hydrogens is 314 g/mol. The Morgan fingerprint density at radius 3 is 2.78 bits per heavy atom. The number of hydrogen-bond acceptors (Lipinski definition) is 4. The van der Waals surface area contributed by atoms with Crippen LogP contribution in [0.5, 0.6) is 5.75 Å². The monoisotopic (exact) mass is 333 g/mol. The average Bonchev–Trinajstić information content (AvgIpc) is 3.02. The molecule has 2 N–H and O–H groups in total. The second-order valence-electron chi connectivity index (χ2n) is 4.88. The Hall–Kier alpha value is -2.54. The highest BCUT2D eigenvalue weighted by Crippen LogP contribution is 2.23. The Kier molecular flexibility index (Phi) is 5.59. The lowest BCUT2D eigenvalue weighted by atomic mass is 10.2. The number of nitrogens with one attached hydrogen (secondary N) is 2. The molecule has 0 bridgehead atoms. The molecule has 0 aliphatic carbocycles. The number of carbonyl (C=O) groups excluding carboxylic acids is 2. The largest absolute Gasteiger partial charge is 0.497 e. The van der Waals surface area contributed by atoms with Crippen LogP contribution >= 0.6 is 11.3 Å². The smallest absolute Gasteiger partial charge is 0.322 e. The van der Waals surface area contributed by atoms with Crippen molar-refractivity contribution in [3.8, 4) is 5.75 Å². The molecule has 0 aliphatic heterocycles. The second-order valence-corrected chi connectivity index (χ2v) is 5.80. The van der Waals surface area contributed by atoms with Crippen molar-refractivity contribution in [2.24, 2.45) is 0 Å². The zero-order valence-corrected chi connectivity index (χ0v) is 14.1. The van der Waals surface area contributed by atoms with Crippen molar-refractivity contribution in [3.63, 3.8) is 0 Å². The van der Waals surface area contributed by atoms with E-state index in [9.17, 15) is 9.59 Å². The van der Waals surface area contributed by atoms with Crippen LogP contribution < -0.4 is 15.4 Å². The molecule has 7 heteroatoms. The Balaban J connectivity index is 2.03. The Labute approximate surface area is 139 Å². The number of nitrogens with zero attached hydrogens (tertiary/aromatic N) is 1. The average molecular weight is 333 g/mol.